The number of rotatable bonds is 7. The Kier molecular flexibility index (Phi) is 8.38. The van der Waals surface area contributed by atoms with Crippen molar-refractivity contribution in [2.24, 2.45) is 5.10 Å². The molecule has 0 N–H and O–H groups in total. The van der Waals surface area contributed by atoms with E-state index in [0.717, 1.165) is 35.7 Å². The van der Waals surface area contributed by atoms with Crippen LogP contribution >= 0.6 is 31.9 Å². The molecule has 1 fully saturated rings. The molecular weight excluding hydrogens is 578 g/mol. The predicted molar refractivity (Wildman–Crippen MR) is 143 cm³/mol. The highest BCUT2D eigenvalue weighted by Crippen LogP contribution is 2.32. The van der Waals surface area contributed by atoms with Gasteiger partial charge in [-0.25, -0.2) is 9.78 Å². The van der Waals surface area contributed by atoms with Crippen molar-refractivity contribution >= 4 is 54.9 Å². The molecular formula is C26H27Br2N3O4. The van der Waals surface area contributed by atoms with Gasteiger partial charge in [0.2, 0.25) is 0 Å². The second-order valence-corrected chi connectivity index (χ2v) is 10.3. The molecule has 0 saturated heterocycles. The first-order chi connectivity index (χ1) is 16.9. The molecule has 0 amide bonds. The van der Waals surface area contributed by atoms with E-state index < -0.39 is 12.1 Å². The van der Waals surface area contributed by atoms with Gasteiger partial charge in [-0.3, -0.25) is 4.79 Å². The summed E-state index contributed by atoms with van der Waals surface area (Å²) in [6.45, 7) is 3.69. The number of benzene rings is 2. The zero-order chi connectivity index (χ0) is 24.9. The van der Waals surface area contributed by atoms with Gasteiger partial charge in [-0.15, -0.1) is 0 Å². The van der Waals surface area contributed by atoms with Crippen LogP contribution in [0.5, 0.6) is 5.75 Å². The zero-order valence-corrected chi connectivity index (χ0v) is 22.8. The van der Waals surface area contributed by atoms with Gasteiger partial charge in [0.15, 0.2) is 6.10 Å². The van der Waals surface area contributed by atoms with E-state index in [1.165, 1.54) is 11.1 Å². The molecule has 1 atom stereocenters. The van der Waals surface area contributed by atoms with E-state index in [9.17, 15) is 9.59 Å². The monoisotopic (exact) mass is 603 g/mol. The molecule has 0 bridgehead atoms. The first kappa shape index (κ1) is 25.6. The Labute approximate surface area is 220 Å². The Bertz CT molecular complexity index is 1320. The largest absolute Gasteiger partial charge is 0.478 e. The molecule has 3 aromatic rings. The molecule has 0 spiro atoms. The van der Waals surface area contributed by atoms with Crippen molar-refractivity contribution < 1.29 is 14.3 Å². The number of hydrogen-bond donors (Lipinski definition) is 0. The summed E-state index contributed by atoms with van der Waals surface area (Å²) >= 11 is 6.95. The molecule has 1 aliphatic rings. The van der Waals surface area contributed by atoms with Crippen molar-refractivity contribution in [1.29, 1.82) is 0 Å². The van der Waals surface area contributed by atoms with Crippen LogP contribution in [0.3, 0.4) is 0 Å². The van der Waals surface area contributed by atoms with Crippen LogP contribution in [0, 0.1) is 0 Å². The van der Waals surface area contributed by atoms with Gasteiger partial charge in [0.25, 0.3) is 5.56 Å². The molecule has 0 unspecified atom stereocenters. The lowest BCUT2D eigenvalue weighted by Crippen LogP contribution is -2.26. The molecule has 9 heteroatoms. The first-order valence-corrected chi connectivity index (χ1v) is 13.4. The third-order valence-electron chi connectivity index (χ3n) is 6.00. The van der Waals surface area contributed by atoms with E-state index in [4.69, 9.17) is 14.5 Å². The quantitative estimate of drug-likeness (QED) is 0.237. The highest BCUT2D eigenvalue weighted by molar-refractivity contribution is 9.10. The zero-order valence-electron chi connectivity index (χ0n) is 19.7. The minimum Gasteiger partial charge on any atom is -0.478 e. The van der Waals surface area contributed by atoms with Gasteiger partial charge in [0, 0.05) is 10.4 Å². The number of hydrogen-bond acceptors (Lipinski definition) is 6. The Morgan fingerprint density at radius 1 is 1.20 bits per heavy atom. The molecule has 184 valence electrons. The van der Waals surface area contributed by atoms with Crippen LogP contribution in [-0.4, -0.2) is 34.6 Å². The minimum absolute atomic E-state index is 0.185. The fourth-order valence-corrected chi connectivity index (χ4v) is 5.07. The topological polar surface area (TPSA) is 82.8 Å². The maximum Gasteiger partial charge on any atom is 0.347 e. The molecule has 4 rings (SSSR count). The maximum atomic E-state index is 13.4. The van der Waals surface area contributed by atoms with E-state index in [1.807, 2.05) is 24.3 Å². The fraction of sp³-hybridized carbons (Fsp3) is 0.385. The molecule has 0 radical (unpaired) electrons. The summed E-state index contributed by atoms with van der Waals surface area (Å²) in [6.07, 6.45) is 6.37. The number of aromatic nitrogens is 2. The lowest BCUT2D eigenvalue weighted by atomic mass is 9.88. The van der Waals surface area contributed by atoms with Crippen molar-refractivity contribution in [3.8, 4) is 5.75 Å². The summed E-state index contributed by atoms with van der Waals surface area (Å²) in [6, 6.07) is 11.0. The summed E-state index contributed by atoms with van der Waals surface area (Å²) in [4.78, 5) is 30.2. The average molecular weight is 605 g/mol. The third-order valence-corrected chi connectivity index (χ3v) is 7.12. The van der Waals surface area contributed by atoms with Crippen molar-refractivity contribution in [2.45, 2.75) is 58.0 Å². The summed E-state index contributed by atoms with van der Waals surface area (Å²) in [5.74, 6) is 1.01. The molecule has 1 aromatic heterocycles. The van der Waals surface area contributed by atoms with Crippen LogP contribution in [-0.2, 0) is 9.53 Å². The van der Waals surface area contributed by atoms with Crippen molar-refractivity contribution in [3.05, 3.63) is 67.1 Å². The van der Waals surface area contributed by atoms with E-state index in [-0.39, 0.29) is 11.5 Å². The number of ether oxygens (including phenoxy) is 2. The van der Waals surface area contributed by atoms with Crippen LogP contribution in [0.2, 0.25) is 0 Å². The van der Waals surface area contributed by atoms with E-state index >= 15 is 0 Å². The summed E-state index contributed by atoms with van der Waals surface area (Å²) in [7, 11) is 0. The SMILES string of the molecule is CCOC(=O)[C@@H](C)Oc1ccc(C=Nn2c(C3CCCCC3)nc3ccc(Br)cc3c2=O)cc1Br. The lowest BCUT2D eigenvalue weighted by molar-refractivity contribution is -0.150. The highest BCUT2D eigenvalue weighted by atomic mass is 79.9. The Balaban J connectivity index is 1.66. The first-order valence-electron chi connectivity index (χ1n) is 11.8. The number of nitrogens with zero attached hydrogens (tertiary/aromatic N) is 3. The summed E-state index contributed by atoms with van der Waals surface area (Å²) in [5.41, 5.74) is 1.27. The lowest BCUT2D eigenvalue weighted by Gasteiger charge is -2.22. The molecule has 2 aromatic carbocycles. The Morgan fingerprint density at radius 2 is 1.97 bits per heavy atom. The molecule has 35 heavy (non-hydrogen) atoms. The van der Waals surface area contributed by atoms with E-state index in [0.29, 0.717) is 33.6 Å². The average Bonchev–Trinajstić information content (AvgIpc) is 2.86. The fourth-order valence-electron chi connectivity index (χ4n) is 4.22. The normalized spacial score (nSPS) is 15.4. The molecule has 1 aliphatic carbocycles. The number of halogens is 2. The van der Waals surface area contributed by atoms with Crippen LogP contribution < -0.4 is 10.3 Å². The van der Waals surface area contributed by atoms with Gasteiger partial charge in [-0.1, -0.05) is 35.2 Å². The Morgan fingerprint density at radius 3 is 2.69 bits per heavy atom. The van der Waals surface area contributed by atoms with Gasteiger partial charge in [0.05, 0.1) is 28.2 Å². The standard InChI is InChI=1S/C26H27Br2N3O4/c1-3-34-26(33)16(2)35-23-12-9-17(13-21(23)28)15-29-31-24(18-7-5-4-6-8-18)30-22-11-10-19(27)14-20(22)25(31)32/h9-16,18H,3-8H2,1-2H3/t16-/m1/s1. The van der Waals surface area contributed by atoms with Crippen LogP contribution in [0.15, 0.2) is 55.2 Å². The molecule has 1 heterocycles. The van der Waals surface area contributed by atoms with Crippen LogP contribution in [0.1, 0.15) is 63.3 Å². The second kappa shape index (κ2) is 11.5. The Hall–Kier alpha value is -2.52. The smallest absolute Gasteiger partial charge is 0.347 e. The molecule has 0 aliphatic heterocycles. The second-order valence-electron chi connectivity index (χ2n) is 8.53. The van der Waals surface area contributed by atoms with E-state index in [1.54, 1.807) is 32.2 Å². The summed E-state index contributed by atoms with van der Waals surface area (Å²) in [5, 5.41) is 5.10. The van der Waals surface area contributed by atoms with Gasteiger partial charge in [0.1, 0.15) is 11.6 Å². The van der Waals surface area contributed by atoms with Crippen molar-refractivity contribution in [3.63, 3.8) is 0 Å². The maximum absolute atomic E-state index is 13.4. The van der Waals surface area contributed by atoms with Gasteiger partial charge in [-0.2, -0.15) is 9.78 Å². The summed E-state index contributed by atoms with van der Waals surface area (Å²) < 4.78 is 13.7. The highest BCUT2D eigenvalue weighted by Gasteiger charge is 2.22. The van der Waals surface area contributed by atoms with Crippen molar-refractivity contribution in [1.82, 2.24) is 9.66 Å². The van der Waals surface area contributed by atoms with Gasteiger partial charge < -0.3 is 9.47 Å². The van der Waals surface area contributed by atoms with E-state index in [2.05, 4.69) is 37.0 Å². The number of carbonyl (C=O) groups is 1. The molecule has 1 saturated carbocycles. The van der Waals surface area contributed by atoms with Gasteiger partial charge >= 0.3 is 5.97 Å². The van der Waals surface area contributed by atoms with Crippen LogP contribution in [0.4, 0.5) is 0 Å². The number of esters is 1. The number of fused-ring (bicyclic) bond motifs is 1. The predicted octanol–water partition coefficient (Wildman–Crippen LogP) is 6.18. The van der Waals surface area contributed by atoms with Crippen LogP contribution in [0.25, 0.3) is 10.9 Å². The van der Waals surface area contributed by atoms with Gasteiger partial charge in [-0.05, 0) is 84.6 Å². The number of carbonyl (C=O) groups excluding carboxylic acids is 1. The third kappa shape index (κ3) is 6.01. The van der Waals surface area contributed by atoms with Crippen molar-refractivity contribution in [2.75, 3.05) is 6.61 Å². The minimum atomic E-state index is -0.731. The molecule has 7 nitrogen and oxygen atoms in total.